The Morgan fingerprint density at radius 2 is 1.90 bits per heavy atom. The third-order valence-corrected chi connectivity index (χ3v) is 7.33. The van der Waals surface area contributed by atoms with E-state index in [-0.39, 0.29) is 30.1 Å². The SMILES string of the molecule is CC1(Cc2ccccc2)CC(=O)c2ccc(OCCNS(=O)(=O)CC3CC3)cc21. The van der Waals surface area contributed by atoms with Crippen LogP contribution in [-0.2, 0) is 21.9 Å². The average molecular weight is 414 g/mol. The number of ketones is 1. The van der Waals surface area contributed by atoms with Crippen molar-refractivity contribution in [2.24, 2.45) is 5.92 Å². The van der Waals surface area contributed by atoms with E-state index in [1.165, 1.54) is 5.56 Å². The van der Waals surface area contributed by atoms with Gasteiger partial charge in [0.2, 0.25) is 10.0 Å². The number of hydrogen-bond donors (Lipinski definition) is 1. The Hall–Kier alpha value is -2.18. The first-order valence-electron chi connectivity index (χ1n) is 10.2. The molecule has 5 nitrogen and oxygen atoms in total. The summed E-state index contributed by atoms with van der Waals surface area (Å²) >= 11 is 0. The predicted molar refractivity (Wildman–Crippen MR) is 113 cm³/mol. The minimum absolute atomic E-state index is 0.165. The molecule has 154 valence electrons. The summed E-state index contributed by atoms with van der Waals surface area (Å²) in [4.78, 5) is 12.5. The highest BCUT2D eigenvalue weighted by Crippen LogP contribution is 2.42. The van der Waals surface area contributed by atoms with Crippen molar-refractivity contribution < 1.29 is 17.9 Å². The van der Waals surface area contributed by atoms with Gasteiger partial charge >= 0.3 is 0 Å². The number of ether oxygens (including phenoxy) is 1. The molecule has 1 unspecified atom stereocenters. The fourth-order valence-electron chi connectivity index (χ4n) is 4.12. The smallest absolute Gasteiger partial charge is 0.211 e. The maximum Gasteiger partial charge on any atom is 0.211 e. The van der Waals surface area contributed by atoms with E-state index in [0.717, 1.165) is 30.4 Å². The third kappa shape index (κ3) is 4.87. The van der Waals surface area contributed by atoms with Crippen molar-refractivity contribution in [2.45, 2.75) is 38.0 Å². The summed E-state index contributed by atoms with van der Waals surface area (Å²) in [7, 11) is -3.22. The van der Waals surface area contributed by atoms with E-state index in [0.29, 0.717) is 18.1 Å². The van der Waals surface area contributed by atoms with Gasteiger partial charge < -0.3 is 4.74 Å². The van der Waals surface area contributed by atoms with E-state index < -0.39 is 10.0 Å². The molecular weight excluding hydrogens is 386 g/mol. The standard InChI is InChI=1S/C23H27NO4S/c1-23(14-17-5-3-2-4-6-17)15-22(25)20-10-9-19(13-21(20)23)28-12-11-24-29(26,27)16-18-7-8-18/h2-6,9-10,13,18,24H,7-8,11-12,14-16H2,1H3. The summed E-state index contributed by atoms with van der Waals surface area (Å²) in [6, 6.07) is 15.8. The number of nitrogens with one attached hydrogen (secondary N) is 1. The molecule has 2 aromatic carbocycles. The van der Waals surface area contributed by atoms with Crippen molar-refractivity contribution in [3.63, 3.8) is 0 Å². The fraction of sp³-hybridized carbons (Fsp3) is 0.435. The molecule has 0 aromatic heterocycles. The van der Waals surface area contributed by atoms with E-state index in [9.17, 15) is 13.2 Å². The van der Waals surface area contributed by atoms with Crippen LogP contribution in [0.3, 0.4) is 0 Å². The van der Waals surface area contributed by atoms with E-state index in [4.69, 9.17) is 4.74 Å². The Labute approximate surface area is 172 Å². The van der Waals surface area contributed by atoms with Gasteiger partial charge in [-0.25, -0.2) is 13.1 Å². The number of sulfonamides is 1. The van der Waals surface area contributed by atoms with Crippen molar-refractivity contribution >= 4 is 15.8 Å². The predicted octanol–water partition coefficient (Wildman–Crippen LogP) is 3.48. The minimum Gasteiger partial charge on any atom is -0.492 e. The minimum atomic E-state index is -3.22. The summed E-state index contributed by atoms with van der Waals surface area (Å²) in [5, 5.41) is 0. The molecule has 0 radical (unpaired) electrons. The lowest BCUT2D eigenvalue weighted by atomic mass is 9.78. The zero-order valence-electron chi connectivity index (χ0n) is 16.7. The zero-order valence-corrected chi connectivity index (χ0v) is 17.5. The maximum absolute atomic E-state index is 12.5. The summed E-state index contributed by atoms with van der Waals surface area (Å²) in [6.45, 7) is 2.62. The molecule has 0 heterocycles. The molecule has 2 aliphatic carbocycles. The second-order valence-electron chi connectivity index (χ2n) is 8.50. The van der Waals surface area contributed by atoms with Gasteiger partial charge in [0.25, 0.3) is 0 Å². The molecule has 0 amide bonds. The van der Waals surface area contributed by atoms with Gasteiger partial charge in [0, 0.05) is 23.9 Å². The highest BCUT2D eigenvalue weighted by Gasteiger charge is 2.39. The van der Waals surface area contributed by atoms with Crippen LogP contribution in [0.1, 0.15) is 47.7 Å². The lowest BCUT2D eigenvalue weighted by molar-refractivity contribution is 0.0976. The topological polar surface area (TPSA) is 72.5 Å². The van der Waals surface area contributed by atoms with Crippen LogP contribution in [-0.4, -0.2) is 33.1 Å². The number of benzene rings is 2. The highest BCUT2D eigenvalue weighted by atomic mass is 32.2. The van der Waals surface area contributed by atoms with E-state index in [1.54, 1.807) is 6.07 Å². The molecule has 0 bridgehead atoms. The Bertz CT molecular complexity index is 999. The van der Waals surface area contributed by atoms with Crippen LogP contribution >= 0.6 is 0 Å². The molecule has 4 rings (SSSR count). The summed E-state index contributed by atoms with van der Waals surface area (Å²) in [5.74, 6) is 1.37. The fourth-order valence-corrected chi connectivity index (χ4v) is 5.59. The lowest BCUT2D eigenvalue weighted by Gasteiger charge is -2.25. The Balaban J connectivity index is 1.41. The van der Waals surface area contributed by atoms with Crippen LogP contribution in [0.15, 0.2) is 48.5 Å². The number of rotatable bonds is 9. The van der Waals surface area contributed by atoms with Crippen molar-refractivity contribution in [1.82, 2.24) is 4.72 Å². The monoisotopic (exact) mass is 413 g/mol. The lowest BCUT2D eigenvalue weighted by Crippen LogP contribution is -2.31. The van der Waals surface area contributed by atoms with Gasteiger partial charge in [0.05, 0.1) is 5.75 Å². The molecular formula is C23H27NO4S. The normalized spacial score (nSPS) is 21.2. The van der Waals surface area contributed by atoms with Crippen LogP contribution < -0.4 is 9.46 Å². The first-order valence-corrected chi connectivity index (χ1v) is 11.8. The first kappa shape index (κ1) is 20.1. The second-order valence-corrected chi connectivity index (χ2v) is 10.3. The van der Waals surface area contributed by atoms with Gasteiger partial charge in [-0.2, -0.15) is 0 Å². The van der Waals surface area contributed by atoms with E-state index in [1.807, 2.05) is 30.3 Å². The summed E-state index contributed by atoms with van der Waals surface area (Å²) in [6.07, 6.45) is 3.29. The van der Waals surface area contributed by atoms with E-state index in [2.05, 4.69) is 23.8 Å². The number of carbonyl (C=O) groups is 1. The van der Waals surface area contributed by atoms with Gasteiger partial charge in [-0.05, 0) is 54.5 Å². The molecule has 6 heteroatoms. The third-order valence-electron chi connectivity index (χ3n) is 5.77. The van der Waals surface area contributed by atoms with Gasteiger partial charge in [0.15, 0.2) is 5.78 Å². The molecule has 1 fully saturated rings. The van der Waals surface area contributed by atoms with E-state index >= 15 is 0 Å². The number of hydrogen-bond acceptors (Lipinski definition) is 4. The molecule has 0 spiro atoms. The molecule has 1 saturated carbocycles. The van der Waals surface area contributed by atoms with Gasteiger partial charge in [-0.3, -0.25) is 4.79 Å². The van der Waals surface area contributed by atoms with Crippen molar-refractivity contribution in [3.05, 3.63) is 65.2 Å². The molecule has 29 heavy (non-hydrogen) atoms. The molecule has 0 aliphatic heterocycles. The molecule has 2 aliphatic rings. The summed E-state index contributed by atoms with van der Waals surface area (Å²) in [5.41, 5.74) is 2.71. The van der Waals surface area contributed by atoms with Crippen molar-refractivity contribution in [3.8, 4) is 5.75 Å². The molecule has 2 aromatic rings. The number of carbonyl (C=O) groups excluding carboxylic acids is 1. The number of Topliss-reactive ketones (excluding diaryl/α,β-unsaturated/α-hetero) is 1. The largest absolute Gasteiger partial charge is 0.492 e. The van der Waals surface area contributed by atoms with Gasteiger partial charge in [0.1, 0.15) is 12.4 Å². The van der Waals surface area contributed by atoms with Crippen LogP contribution in [0.2, 0.25) is 0 Å². The maximum atomic E-state index is 12.5. The van der Waals surface area contributed by atoms with Gasteiger partial charge in [-0.1, -0.05) is 37.3 Å². The van der Waals surface area contributed by atoms with Crippen LogP contribution in [0.5, 0.6) is 5.75 Å². The highest BCUT2D eigenvalue weighted by molar-refractivity contribution is 7.89. The van der Waals surface area contributed by atoms with Crippen LogP contribution in [0.4, 0.5) is 0 Å². The van der Waals surface area contributed by atoms with Crippen LogP contribution in [0.25, 0.3) is 0 Å². The quantitative estimate of drug-likeness (QED) is 0.639. The van der Waals surface area contributed by atoms with Crippen molar-refractivity contribution in [2.75, 3.05) is 18.9 Å². The molecule has 1 atom stereocenters. The average Bonchev–Trinajstić information content (AvgIpc) is 3.44. The number of fused-ring (bicyclic) bond motifs is 1. The Morgan fingerprint density at radius 1 is 1.14 bits per heavy atom. The van der Waals surface area contributed by atoms with Crippen molar-refractivity contribution in [1.29, 1.82) is 0 Å². The Morgan fingerprint density at radius 3 is 2.62 bits per heavy atom. The molecule has 0 saturated heterocycles. The first-order chi connectivity index (χ1) is 13.8. The van der Waals surface area contributed by atoms with Gasteiger partial charge in [-0.15, -0.1) is 0 Å². The zero-order chi connectivity index (χ0) is 20.5. The second kappa shape index (κ2) is 7.92. The molecule has 1 N–H and O–H groups in total. The van der Waals surface area contributed by atoms with Crippen LogP contribution in [0, 0.1) is 5.92 Å². The Kier molecular flexibility index (Phi) is 5.49. The summed E-state index contributed by atoms with van der Waals surface area (Å²) < 4.78 is 32.3.